The molecule has 1 spiro atoms. The molecule has 138 valence electrons. The minimum atomic E-state index is -4.33. The molecule has 3 fully saturated rings. The first-order valence-electron chi connectivity index (χ1n) is 8.39. The van der Waals surface area contributed by atoms with Crippen molar-refractivity contribution in [2.24, 2.45) is 5.41 Å². The average Bonchev–Trinajstić information content (AvgIpc) is 3.12. The molecule has 25 heavy (non-hydrogen) atoms. The molecule has 4 rings (SSSR count). The van der Waals surface area contributed by atoms with Crippen molar-refractivity contribution >= 4 is 9.84 Å². The summed E-state index contributed by atoms with van der Waals surface area (Å²) in [5.41, 5.74) is 0.0276. The Labute approximate surface area is 144 Å². The van der Waals surface area contributed by atoms with Crippen LogP contribution >= 0.6 is 0 Å². The number of halogens is 3. The summed E-state index contributed by atoms with van der Waals surface area (Å²) in [5.74, 6) is 0.568. The van der Waals surface area contributed by atoms with Crippen molar-refractivity contribution < 1.29 is 26.3 Å². The number of hydrogen-bond donors (Lipinski definition) is 0. The van der Waals surface area contributed by atoms with Crippen molar-refractivity contribution in [1.82, 2.24) is 4.90 Å². The highest BCUT2D eigenvalue weighted by Gasteiger charge is 2.53. The minimum absolute atomic E-state index is 0.0781. The van der Waals surface area contributed by atoms with Crippen LogP contribution in [0.5, 0.6) is 0 Å². The van der Waals surface area contributed by atoms with Crippen LogP contribution in [0.25, 0.3) is 0 Å². The van der Waals surface area contributed by atoms with Crippen LogP contribution in [0.4, 0.5) is 13.2 Å². The molecule has 0 radical (unpaired) electrons. The molecule has 3 aliphatic heterocycles. The molecule has 3 heterocycles. The predicted molar refractivity (Wildman–Crippen MR) is 85.8 cm³/mol. The highest BCUT2D eigenvalue weighted by Crippen LogP contribution is 2.44. The summed E-state index contributed by atoms with van der Waals surface area (Å²) >= 11 is 0. The van der Waals surface area contributed by atoms with Crippen LogP contribution in [0.3, 0.4) is 0 Å². The van der Waals surface area contributed by atoms with E-state index in [9.17, 15) is 21.6 Å². The lowest BCUT2D eigenvalue weighted by Crippen LogP contribution is -2.51. The van der Waals surface area contributed by atoms with Crippen molar-refractivity contribution in [3.05, 3.63) is 35.4 Å². The van der Waals surface area contributed by atoms with E-state index in [2.05, 4.69) is 4.90 Å². The number of sulfone groups is 1. The molecule has 3 saturated heterocycles. The van der Waals surface area contributed by atoms with Gasteiger partial charge in [-0.25, -0.2) is 8.42 Å². The van der Waals surface area contributed by atoms with Gasteiger partial charge in [0.2, 0.25) is 0 Å². The summed E-state index contributed by atoms with van der Waals surface area (Å²) in [6.07, 6.45) is -2.90. The first kappa shape index (κ1) is 17.3. The van der Waals surface area contributed by atoms with E-state index in [1.807, 2.05) is 0 Å². The van der Waals surface area contributed by atoms with E-state index in [0.29, 0.717) is 6.61 Å². The molecule has 1 aromatic carbocycles. The third kappa shape index (κ3) is 3.31. The molecule has 2 atom stereocenters. The number of benzene rings is 1. The lowest BCUT2D eigenvalue weighted by molar-refractivity contribution is -0.137. The Kier molecular flexibility index (Phi) is 3.94. The lowest BCUT2D eigenvalue weighted by atomic mass is 9.91. The van der Waals surface area contributed by atoms with Gasteiger partial charge < -0.3 is 4.74 Å². The molecule has 1 aromatic rings. The average molecular weight is 375 g/mol. The van der Waals surface area contributed by atoms with Gasteiger partial charge in [-0.3, -0.25) is 4.90 Å². The summed E-state index contributed by atoms with van der Waals surface area (Å²) in [7, 11) is -2.84. The number of rotatable bonds is 2. The predicted octanol–water partition coefficient (Wildman–Crippen LogP) is 2.66. The van der Waals surface area contributed by atoms with Crippen LogP contribution in [0.2, 0.25) is 0 Å². The van der Waals surface area contributed by atoms with Gasteiger partial charge in [0.1, 0.15) is 0 Å². The quantitative estimate of drug-likeness (QED) is 0.797. The van der Waals surface area contributed by atoms with Gasteiger partial charge in [-0.15, -0.1) is 0 Å². The Morgan fingerprint density at radius 3 is 2.44 bits per heavy atom. The second-order valence-corrected chi connectivity index (χ2v) is 9.65. The number of likely N-dealkylation sites (tertiary alicyclic amines) is 1. The number of alkyl halides is 3. The number of hydrogen-bond acceptors (Lipinski definition) is 4. The van der Waals surface area contributed by atoms with E-state index in [4.69, 9.17) is 4.74 Å². The van der Waals surface area contributed by atoms with Gasteiger partial charge in [0.15, 0.2) is 9.84 Å². The zero-order chi connectivity index (χ0) is 17.9. The molecule has 0 aliphatic carbocycles. The van der Waals surface area contributed by atoms with E-state index in [-0.39, 0.29) is 29.1 Å². The van der Waals surface area contributed by atoms with Crippen LogP contribution in [0.15, 0.2) is 24.3 Å². The lowest BCUT2D eigenvalue weighted by Gasteiger charge is -2.38. The molecule has 0 aromatic heterocycles. The monoisotopic (exact) mass is 375 g/mol. The van der Waals surface area contributed by atoms with Crippen molar-refractivity contribution in [2.75, 3.05) is 31.2 Å². The Bertz CT molecular complexity index is 748. The molecule has 3 aliphatic rings. The van der Waals surface area contributed by atoms with Gasteiger partial charge >= 0.3 is 6.18 Å². The van der Waals surface area contributed by atoms with Crippen LogP contribution in [-0.4, -0.2) is 50.6 Å². The maximum Gasteiger partial charge on any atom is 0.416 e. The third-order valence-corrected chi connectivity index (χ3v) is 7.73. The maximum atomic E-state index is 12.6. The standard InChI is InChI=1S/C17H20F3NO3S/c18-17(19,20)13-3-1-12(2-4-13)15-7-14(8-24-15)21-6-5-16(9-21)10-25(22,23)11-16/h1-4,14-15H,5-11H2/t14-,15+/m1/s1. The van der Waals surface area contributed by atoms with E-state index >= 15 is 0 Å². The molecule has 0 N–H and O–H groups in total. The van der Waals surface area contributed by atoms with Crippen LogP contribution in [0.1, 0.15) is 30.1 Å². The van der Waals surface area contributed by atoms with Crippen LogP contribution in [0, 0.1) is 5.41 Å². The molecule has 0 unspecified atom stereocenters. The zero-order valence-electron chi connectivity index (χ0n) is 13.6. The maximum absolute atomic E-state index is 12.6. The SMILES string of the molecule is O=S1(=O)CC2(CCN([C@H]3CO[C@H](c4ccc(C(F)(F)F)cc4)C3)C2)C1. The Hall–Kier alpha value is -1.12. The zero-order valence-corrected chi connectivity index (χ0v) is 14.4. The highest BCUT2D eigenvalue weighted by atomic mass is 32.2. The molecule has 0 saturated carbocycles. The van der Waals surface area contributed by atoms with Crippen LogP contribution < -0.4 is 0 Å². The second kappa shape index (κ2) is 5.69. The van der Waals surface area contributed by atoms with Gasteiger partial charge in [-0.1, -0.05) is 12.1 Å². The summed E-state index contributed by atoms with van der Waals surface area (Å²) in [6.45, 7) is 2.18. The molecular formula is C17H20F3NO3S. The van der Waals surface area contributed by atoms with Crippen molar-refractivity contribution in [3.8, 4) is 0 Å². The summed E-state index contributed by atoms with van der Waals surface area (Å²) in [4.78, 5) is 2.29. The van der Waals surface area contributed by atoms with Gasteiger partial charge in [0, 0.05) is 18.0 Å². The summed E-state index contributed by atoms with van der Waals surface area (Å²) in [6, 6.07) is 5.36. The van der Waals surface area contributed by atoms with Crippen LogP contribution in [-0.2, 0) is 20.8 Å². The molecule has 4 nitrogen and oxygen atoms in total. The normalized spacial score (nSPS) is 31.3. The van der Waals surface area contributed by atoms with E-state index in [1.165, 1.54) is 12.1 Å². The first-order chi connectivity index (χ1) is 11.7. The molecule has 0 bridgehead atoms. The van der Waals surface area contributed by atoms with Gasteiger partial charge in [0.05, 0.1) is 29.8 Å². The topological polar surface area (TPSA) is 46.6 Å². The highest BCUT2D eigenvalue weighted by molar-refractivity contribution is 7.92. The Morgan fingerprint density at radius 1 is 1.16 bits per heavy atom. The third-order valence-electron chi connectivity index (χ3n) is 5.62. The fourth-order valence-electron chi connectivity index (χ4n) is 4.39. The van der Waals surface area contributed by atoms with E-state index in [0.717, 1.165) is 43.6 Å². The summed E-state index contributed by atoms with van der Waals surface area (Å²) < 4.78 is 66.7. The minimum Gasteiger partial charge on any atom is -0.372 e. The van der Waals surface area contributed by atoms with Crippen molar-refractivity contribution in [1.29, 1.82) is 0 Å². The number of nitrogens with zero attached hydrogens (tertiary/aromatic N) is 1. The fraction of sp³-hybridized carbons (Fsp3) is 0.647. The Balaban J connectivity index is 1.37. The molecule has 8 heteroatoms. The van der Waals surface area contributed by atoms with Gasteiger partial charge in [-0.05, 0) is 37.1 Å². The largest absolute Gasteiger partial charge is 0.416 e. The fourth-order valence-corrected chi connectivity index (χ4v) is 6.64. The second-order valence-electron chi connectivity index (χ2n) is 7.58. The van der Waals surface area contributed by atoms with E-state index in [1.54, 1.807) is 0 Å². The van der Waals surface area contributed by atoms with E-state index < -0.39 is 21.6 Å². The first-order valence-corrected chi connectivity index (χ1v) is 10.2. The number of ether oxygens (including phenoxy) is 1. The molecule has 0 amide bonds. The Morgan fingerprint density at radius 2 is 1.84 bits per heavy atom. The van der Waals surface area contributed by atoms with Crippen molar-refractivity contribution in [3.63, 3.8) is 0 Å². The van der Waals surface area contributed by atoms with Gasteiger partial charge in [0.25, 0.3) is 0 Å². The smallest absolute Gasteiger partial charge is 0.372 e. The summed E-state index contributed by atoms with van der Waals surface area (Å²) in [5, 5.41) is 0. The van der Waals surface area contributed by atoms with Gasteiger partial charge in [-0.2, -0.15) is 13.2 Å². The molecular weight excluding hydrogens is 355 g/mol. The van der Waals surface area contributed by atoms with Crippen molar-refractivity contribution in [2.45, 2.75) is 31.2 Å².